The maximum absolute atomic E-state index is 10.9. The van der Waals surface area contributed by atoms with Crippen LogP contribution < -0.4 is 10.6 Å². The third-order valence-electron chi connectivity index (χ3n) is 2.10. The summed E-state index contributed by atoms with van der Waals surface area (Å²) in [5.41, 5.74) is 4.25. The lowest BCUT2D eigenvalue weighted by Gasteiger charge is -2.12. The minimum atomic E-state index is -0.0407. The zero-order valence-electron chi connectivity index (χ0n) is 9.06. The second kappa shape index (κ2) is 4.13. The van der Waals surface area contributed by atoms with Gasteiger partial charge in [0.1, 0.15) is 0 Å². The summed E-state index contributed by atoms with van der Waals surface area (Å²) >= 11 is 0. The van der Waals surface area contributed by atoms with Gasteiger partial charge in [-0.25, -0.2) is 0 Å². The predicted octanol–water partition coefficient (Wildman–Crippen LogP) is 2.30. The van der Waals surface area contributed by atoms with E-state index in [9.17, 15) is 4.79 Å². The van der Waals surface area contributed by atoms with Crippen LogP contribution in [0.5, 0.6) is 0 Å². The highest BCUT2D eigenvalue weighted by Gasteiger charge is 2.03. The largest absolute Gasteiger partial charge is 0.388 e. The van der Waals surface area contributed by atoms with Crippen LogP contribution in [0.25, 0.3) is 0 Å². The fourth-order valence-electron chi connectivity index (χ4n) is 1.63. The summed E-state index contributed by atoms with van der Waals surface area (Å²) in [6, 6.07) is 3.92. The topological polar surface area (TPSA) is 41.1 Å². The van der Waals surface area contributed by atoms with E-state index >= 15 is 0 Å². The average Bonchev–Trinajstić information content (AvgIpc) is 2.01. The normalized spacial score (nSPS) is 9.71. The SMILES string of the molecule is CNc1c(C)cc(NC(C)=O)cc1C. The maximum Gasteiger partial charge on any atom is 0.221 e. The zero-order valence-corrected chi connectivity index (χ0v) is 9.06. The number of amides is 1. The van der Waals surface area contributed by atoms with E-state index in [0.717, 1.165) is 22.5 Å². The first-order valence-electron chi connectivity index (χ1n) is 4.61. The number of nitrogens with one attached hydrogen (secondary N) is 2. The number of aryl methyl sites for hydroxylation is 2. The Labute approximate surface area is 84.5 Å². The van der Waals surface area contributed by atoms with Crippen molar-refractivity contribution in [2.24, 2.45) is 0 Å². The molecule has 0 radical (unpaired) electrons. The standard InChI is InChI=1S/C11H16N2O/c1-7-5-10(13-9(3)14)6-8(2)11(7)12-4/h5-6,12H,1-4H3,(H,13,14). The van der Waals surface area contributed by atoms with E-state index < -0.39 is 0 Å². The summed E-state index contributed by atoms with van der Waals surface area (Å²) in [5.74, 6) is -0.0407. The Bertz CT molecular complexity index is 335. The smallest absolute Gasteiger partial charge is 0.221 e. The van der Waals surface area contributed by atoms with Gasteiger partial charge in [0.15, 0.2) is 0 Å². The van der Waals surface area contributed by atoms with E-state index in [2.05, 4.69) is 10.6 Å². The molecule has 2 N–H and O–H groups in total. The highest BCUT2D eigenvalue weighted by molar-refractivity contribution is 5.89. The predicted molar refractivity (Wildman–Crippen MR) is 59.8 cm³/mol. The minimum Gasteiger partial charge on any atom is -0.388 e. The first-order chi connectivity index (χ1) is 6.54. The molecule has 0 fully saturated rings. The average molecular weight is 192 g/mol. The minimum absolute atomic E-state index is 0.0407. The van der Waals surface area contributed by atoms with Crippen LogP contribution in [-0.4, -0.2) is 13.0 Å². The molecule has 0 saturated heterocycles. The Balaban J connectivity index is 3.07. The second-order valence-corrected chi connectivity index (χ2v) is 3.42. The quantitative estimate of drug-likeness (QED) is 0.755. The number of benzene rings is 1. The molecule has 3 nitrogen and oxygen atoms in total. The lowest BCUT2D eigenvalue weighted by atomic mass is 10.1. The zero-order chi connectivity index (χ0) is 10.7. The number of anilines is 2. The van der Waals surface area contributed by atoms with Gasteiger partial charge in [-0.2, -0.15) is 0 Å². The molecule has 1 aromatic rings. The van der Waals surface area contributed by atoms with Gasteiger partial charge in [0.05, 0.1) is 0 Å². The van der Waals surface area contributed by atoms with Gasteiger partial charge in [-0.05, 0) is 37.1 Å². The van der Waals surface area contributed by atoms with E-state index in [4.69, 9.17) is 0 Å². The van der Waals surface area contributed by atoms with Crippen LogP contribution in [0, 0.1) is 13.8 Å². The fourth-order valence-corrected chi connectivity index (χ4v) is 1.63. The van der Waals surface area contributed by atoms with Crippen molar-refractivity contribution in [1.29, 1.82) is 0 Å². The van der Waals surface area contributed by atoms with Gasteiger partial charge in [-0.1, -0.05) is 0 Å². The summed E-state index contributed by atoms with van der Waals surface area (Å²) in [6.07, 6.45) is 0. The van der Waals surface area contributed by atoms with Crippen LogP contribution in [0.15, 0.2) is 12.1 Å². The van der Waals surface area contributed by atoms with Crippen LogP contribution in [0.3, 0.4) is 0 Å². The molecule has 3 heteroatoms. The van der Waals surface area contributed by atoms with Crippen molar-refractivity contribution in [3.05, 3.63) is 23.3 Å². The molecule has 0 aliphatic rings. The van der Waals surface area contributed by atoms with Gasteiger partial charge < -0.3 is 10.6 Å². The summed E-state index contributed by atoms with van der Waals surface area (Å²) in [4.78, 5) is 10.9. The highest BCUT2D eigenvalue weighted by atomic mass is 16.1. The van der Waals surface area contributed by atoms with Gasteiger partial charge in [0.2, 0.25) is 5.91 Å². The monoisotopic (exact) mass is 192 g/mol. The summed E-state index contributed by atoms with van der Waals surface area (Å²) in [6.45, 7) is 5.55. The molecular formula is C11H16N2O. The third-order valence-corrected chi connectivity index (χ3v) is 2.10. The lowest BCUT2D eigenvalue weighted by molar-refractivity contribution is -0.114. The van der Waals surface area contributed by atoms with Crippen LogP contribution in [0.2, 0.25) is 0 Å². The van der Waals surface area contributed by atoms with Crippen LogP contribution in [-0.2, 0) is 4.79 Å². The molecule has 1 amide bonds. The molecule has 0 saturated carbocycles. The molecule has 76 valence electrons. The van der Waals surface area contributed by atoms with Gasteiger partial charge in [0.25, 0.3) is 0 Å². The molecule has 0 atom stereocenters. The second-order valence-electron chi connectivity index (χ2n) is 3.42. The molecular weight excluding hydrogens is 176 g/mol. The van der Waals surface area contributed by atoms with Gasteiger partial charge in [0, 0.05) is 25.3 Å². The number of carbonyl (C=O) groups is 1. The van der Waals surface area contributed by atoms with Crippen molar-refractivity contribution in [3.63, 3.8) is 0 Å². The Morgan fingerprint density at radius 1 is 1.21 bits per heavy atom. The van der Waals surface area contributed by atoms with Gasteiger partial charge >= 0.3 is 0 Å². The Morgan fingerprint density at radius 3 is 2.07 bits per heavy atom. The molecule has 0 aromatic heterocycles. The van der Waals surface area contributed by atoms with Crippen LogP contribution in [0.1, 0.15) is 18.1 Å². The first kappa shape index (κ1) is 10.6. The number of rotatable bonds is 2. The molecule has 0 aliphatic heterocycles. The Kier molecular flexibility index (Phi) is 3.12. The van der Waals surface area contributed by atoms with E-state index in [0.29, 0.717) is 0 Å². The Hall–Kier alpha value is -1.51. The van der Waals surface area contributed by atoms with E-state index in [-0.39, 0.29) is 5.91 Å². The molecule has 1 rings (SSSR count). The van der Waals surface area contributed by atoms with E-state index in [1.54, 1.807) is 0 Å². The highest BCUT2D eigenvalue weighted by Crippen LogP contribution is 2.24. The molecule has 14 heavy (non-hydrogen) atoms. The van der Waals surface area contributed by atoms with E-state index in [1.165, 1.54) is 6.92 Å². The maximum atomic E-state index is 10.9. The molecule has 0 aliphatic carbocycles. The lowest BCUT2D eigenvalue weighted by Crippen LogP contribution is -2.07. The summed E-state index contributed by atoms with van der Waals surface area (Å²) in [5, 5.41) is 5.90. The first-order valence-corrected chi connectivity index (χ1v) is 4.61. The van der Waals surface area contributed by atoms with Crippen molar-refractivity contribution < 1.29 is 4.79 Å². The molecule has 0 bridgehead atoms. The van der Waals surface area contributed by atoms with Crippen molar-refractivity contribution in [1.82, 2.24) is 0 Å². The third kappa shape index (κ3) is 2.25. The summed E-state index contributed by atoms with van der Waals surface area (Å²) in [7, 11) is 1.90. The van der Waals surface area contributed by atoms with Gasteiger partial charge in [-0.3, -0.25) is 4.79 Å². The number of hydrogen-bond acceptors (Lipinski definition) is 2. The van der Waals surface area contributed by atoms with Crippen molar-refractivity contribution in [2.45, 2.75) is 20.8 Å². The fraction of sp³-hybridized carbons (Fsp3) is 0.364. The van der Waals surface area contributed by atoms with Gasteiger partial charge in [-0.15, -0.1) is 0 Å². The van der Waals surface area contributed by atoms with E-state index in [1.807, 2.05) is 33.0 Å². The summed E-state index contributed by atoms with van der Waals surface area (Å²) < 4.78 is 0. The van der Waals surface area contributed by atoms with Crippen molar-refractivity contribution >= 4 is 17.3 Å². The molecule has 0 unspecified atom stereocenters. The number of hydrogen-bond donors (Lipinski definition) is 2. The number of carbonyl (C=O) groups excluding carboxylic acids is 1. The van der Waals surface area contributed by atoms with Crippen molar-refractivity contribution in [2.75, 3.05) is 17.7 Å². The van der Waals surface area contributed by atoms with Crippen molar-refractivity contribution in [3.8, 4) is 0 Å². The van der Waals surface area contributed by atoms with Crippen LogP contribution in [0.4, 0.5) is 11.4 Å². The molecule has 0 heterocycles. The molecule has 0 spiro atoms. The van der Waals surface area contributed by atoms with Crippen LogP contribution >= 0.6 is 0 Å². The Morgan fingerprint density at radius 2 is 1.71 bits per heavy atom. The molecule has 1 aromatic carbocycles.